The second-order valence-electron chi connectivity index (χ2n) is 12.1. The van der Waals surface area contributed by atoms with Crippen LogP contribution < -0.4 is 0 Å². The van der Waals surface area contributed by atoms with E-state index in [0.717, 1.165) is 35.8 Å². The van der Waals surface area contributed by atoms with Gasteiger partial charge >= 0.3 is 0 Å². The van der Waals surface area contributed by atoms with E-state index in [1.165, 1.54) is 51.4 Å². The average molecular weight is 445 g/mol. The van der Waals surface area contributed by atoms with Gasteiger partial charge in [-0.15, -0.1) is 0 Å². The first-order valence-electron chi connectivity index (χ1n) is 13.2. The molecule has 3 aliphatic carbocycles. The van der Waals surface area contributed by atoms with Gasteiger partial charge in [0.05, 0.1) is 17.8 Å². The Morgan fingerprint density at radius 1 is 1.16 bits per heavy atom. The van der Waals surface area contributed by atoms with Gasteiger partial charge < -0.3 is 15.3 Å². The minimum atomic E-state index is -0.611. The Balaban J connectivity index is 1.61. The molecular weight excluding hydrogens is 396 g/mol. The van der Waals surface area contributed by atoms with Crippen LogP contribution in [0.2, 0.25) is 0 Å². The summed E-state index contributed by atoms with van der Waals surface area (Å²) < 4.78 is 0. The van der Waals surface area contributed by atoms with Crippen LogP contribution in [0.25, 0.3) is 0 Å². The summed E-state index contributed by atoms with van der Waals surface area (Å²) in [6.07, 6.45) is 16.6. The third-order valence-corrected chi connectivity index (χ3v) is 8.94. The molecule has 3 aliphatic rings. The molecule has 0 bridgehead atoms. The van der Waals surface area contributed by atoms with Crippen molar-refractivity contribution in [2.45, 2.75) is 123 Å². The monoisotopic (exact) mass is 444 g/mol. The summed E-state index contributed by atoms with van der Waals surface area (Å²) in [7, 11) is 0. The molecule has 0 saturated heterocycles. The van der Waals surface area contributed by atoms with Crippen LogP contribution in [0.5, 0.6) is 0 Å². The Morgan fingerprint density at radius 2 is 1.91 bits per heavy atom. The summed E-state index contributed by atoms with van der Waals surface area (Å²) in [4.78, 5) is 0. The van der Waals surface area contributed by atoms with E-state index in [0.29, 0.717) is 24.2 Å². The van der Waals surface area contributed by atoms with Gasteiger partial charge in [-0.2, -0.15) is 0 Å². The van der Waals surface area contributed by atoms with Gasteiger partial charge in [0.25, 0.3) is 0 Å². The molecule has 0 heterocycles. The van der Waals surface area contributed by atoms with Crippen LogP contribution in [0.4, 0.5) is 0 Å². The quantitative estimate of drug-likeness (QED) is 0.375. The van der Waals surface area contributed by atoms with Gasteiger partial charge in [0.1, 0.15) is 0 Å². The number of fused-ring (bicyclic) bond motifs is 1. The third-order valence-electron chi connectivity index (χ3n) is 8.94. The van der Waals surface area contributed by atoms with E-state index < -0.39 is 17.8 Å². The Morgan fingerprint density at radius 3 is 2.62 bits per heavy atom. The summed E-state index contributed by atoms with van der Waals surface area (Å²) >= 11 is 0. The molecule has 0 radical (unpaired) electrons. The summed E-state index contributed by atoms with van der Waals surface area (Å²) in [5.74, 6) is 2.22. The van der Waals surface area contributed by atoms with Crippen LogP contribution in [0.15, 0.2) is 35.5 Å². The summed E-state index contributed by atoms with van der Waals surface area (Å²) in [5.41, 5.74) is 3.25. The van der Waals surface area contributed by atoms with E-state index in [4.69, 9.17) is 0 Å². The molecular formula is C29H48O3. The second kappa shape index (κ2) is 10.6. The normalized spacial score (nSPS) is 37.2. The second-order valence-corrected chi connectivity index (χ2v) is 12.1. The lowest BCUT2D eigenvalue weighted by atomic mass is 9.60. The van der Waals surface area contributed by atoms with E-state index in [-0.39, 0.29) is 0 Å². The molecule has 3 fully saturated rings. The Bertz CT molecular complexity index is 712. The fourth-order valence-electron chi connectivity index (χ4n) is 7.08. The van der Waals surface area contributed by atoms with E-state index in [9.17, 15) is 15.3 Å². The van der Waals surface area contributed by atoms with Crippen molar-refractivity contribution >= 4 is 0 Å². The summed E-state index contributed by atoms with van der Waals surface area (Å²) in [6, 6.07) is 0. The van der Waals surface area contributed by atoms with Crippen molar-refractivity contribution in [2.75, 3.05) is 0 Å². The van der Waals surface area contributed by atoms with Crippen molar-refractivity contribution < 1.29 is 15.3 Å². The highest BCUT2D eigenvalue weighted by atomic mass is 16.3. The van der Waals surface area contributed by atoms with Gasteiger partial charge in [-0.3, -0.25) is 0 Å². The topological polar surface area (TPSA) is 60.7 Å². The van der Waals surface area contributed by atoms with Crippen molar-refractivity contribution in [3.05, 3.63) is 35.5 Å². The molecule has 1 unspecified atom stereocenters. The number of unbranched alkanes of at least 4 members (excludes halogenated alkanes) is 2. The lowest BCUT2D eigenvalue weighted by Gasteiger charge is -2.44. The van der Waals surface area contributed by atoms with Crippen molar-refractivity contribution in [2.24, 2.45) is 23.2 Å². The van der Waals surface area contributed by atoms with E-state index in [2.05, 4.69) is 32.6 Å². The number of hydrogen-bond donors (Lipinski definition) is 3. The van der Waals surface area contributed by atoms with Crippen molar-refractivity contribution in [3.8, 4) is 0 Å². The highest BCUT2D eigenvalue weighted by Gasteiger charge is 2.50. The highest BCUT2D eigenvalue weighted by Crippen LogP contribution is 2.60. The lowest BCUT2D eigenvalue weighted by Crippen LogP contribution is -2.36. The predicted molar refractivity (Wildman–Crippen MR) is 133 cm³/mol. The predicted octanol–water partition coefficient (Wildman–Crippen LogP) is 6.48. The first kappa shape index (κ1) is 25.7. The van der Waals surface area contributed by atoms with Crippen molar-refractivity contribution in [1.29, 1.82) is 0 Å². The maximum atomic E-state index is 10.2. The largest absolute Gasteiger partial charge is 0.393 e. The van der Waals surface area contributed by atoms with Gasteiger partial charge in [0.15, 0.2) is 0 Å². The molecule has 6 atom stereocenters. The zero-order chi connectivity index (χ0) is 23.5. The van der Waals surface area contributed by atoms with Gasteiger partial charge in [-0.1, -0.05) is 63.8 Å². The van der Waals surface area contributed by atoms with Crippen molar-refractivity contribution in [1.82, 2.24) is 0 Å². The molecule has 32 heavy (non-hydrogen) atoms. The molecule has 182 valence electrons. The van der Waals surface area contributed by atoms with Crippen LogP contribution in [0.1, 0.15) is 105 Å². The molecule has 0 aromatic carbocycles. The van der Waals surface area contributed by atoms with Crippen molar-refractivity contribution in [3.63, 3.8) is 0 Å². The minimum absolute atomic E-state index is 0.400. The number of aliphatic hydroxyl groups excluding tert-OH is 2. The smallest absolute Gasteiger partial charge is 0.0811 e. The lowest BCUT2D eigenvalue weighted by molar-refractivity contribution is 0.0672. The molecule has 3 saturated carbocycles. The Hall–Kier alpha value is -0.900. The SMILES string of the molecule is C=C1/C(=C/C=C2\CCC[C@]3(C)[C@@H](C(C)CCCCCC(C)(C)O)CC[C@@H]23)C[C@@H](O)C[C@@H]1O. The van der Waals surface area contributed by atoms with Crippen LogP contribution >= 0.6 is 0 Å². The van der Waals surface area contributed by atoms with E-state index in [1.807, 2.05) is 13.8 Å². The van der Waals surface area contributed by atoms with E-state index in [1.54, 1.807) is 5.57 Å². The fraction of sp³-hybridized carbons (Fsp3) is 0.793. The van der Waals surface area contributed by atoms with Crippen LogP contribution in [0, 0.1) is 23.2 Å². The highest BCUT2D eigenvalue weighted by molar-refractivity contribution is 5.38. The maximum absolute atomic E-state index is 10.2. The molecule has 3 nitrogen and oxygen atoms in total. The summed E-state index contributed by atoms with van der Waals surface area (Å²) in [6.45, 7) is 12.9. The molecule has 3 heteroatoms. The van der Waals surface area contributed by atoms with Crippen LogP contribution in [-0.2, 0) is 0 Å². The van der Waals surface area contributed by atoms with Crippen LogP contribution in [0.3, 0.4) is 0 Å². The standard InChI is InChI=1S/C29H48O3/c1-20(10-7-6-8-16-28(3,4)32)25-14-15-26-22(11-9-17-29(25,26)5)12-13-23-18-24(30)19-27(31)21(23)2/h12-13,20,24-27,30-32H,2,6-11,14-19H2,1,3-5H3/b22-12+,23-13+/t20?,24-,25-,26+,27+,29-/m1/s1. The van der Waals surface area contributed by atoms with E-state index >= 15 is 0 Å². The van der Waals surface area contributed by atoms with Gasteiger partial charge in [-0.25, -0.2) is 0 Å². The Kier molecular flexibility index (Phi) is 8.50. The third kappa shape index (κ3) is 6.15. The Labute approximate surface area is 196 Å². The average Bonchev–Trinajstić information content (AvgIpc) is 3.06. The molecule has 0 aliphatic heterocycles. The number of hydrogen-bond acceptors (Lipinski definition) is 3. The molecule has 0 amide bonds. The maximum Gasteiger partial charge on any atom is 0.0811 e. The first-order valence-corrected chi connectivity index (χ1v) is 13.2. The molecule has 0 spiro atoms. The van der Waals surface area contributed by atoms with Gasteiger partial charge in [0, 0.05) is 6.42 Å². The number of allylic oxidation sites excluding steroid dienone is 3. The first-order chi connectivity index (χ1) is 15.0. The number of rotatable bonds is 8. The fourth-order valence-corrected chi connectivity index (χ4v) is 7.08. The van der Waals surface area contributed by atoms with Crippen LogP contribution in [-0.4, -0.2) is 33.1 Å². The van der Waals surface area contributed by atoms with Gasteiger partial charge in [0.2, 0.25) is 0 Å². The molecule has 3 rings (SSSR count). The zero-order valence-electron chi connectivity index (χ0n) is 21.1. The number of aliphatic hydroxyl groups is 3. The molecule has 0 aromatic rings. The molecule has 3 N–H and O–H groups in total. The molecule has 0 aromatic heterocycles. The zero-order valence-corrected chi connectivity index (χ0v) is 21.1. The summed E-state index contributed by atoms with van der Waals surface area (Å²) in [5, 5.41) is 30.1. The van der Waals surface area contributed by atoms with Gasteiger partial charge in [-0.05, 0) is 93.1 Å². The minimum Gasteiger partial charge on any atom is -0.393 e.